The number of aliphatic hydroxyl groups is 1. The van der Waals surface area contributed by atoms with Crippen LogP contribution in [0, 0.1) is 0 Å². The van der Waals surface area contributed by atoms with Crippen molar-refractivity contribution in [2.45, 2.75) is 12.2 Å². The Bertz CT molecular complexity index is 617. The number of epoxide rings is 1. The van der Waals surface area contributed by atoms with E-state index in [1.54, 1.807) is 36.4 Å². The van der Waals surface area contributed by atoms with E-state index in [2.05, 4.69) is 0 Å². The molecule has 1 aliphatic heterocycles. The number of ether oxygens (including phenoxy) is 1. The van der Waals surface area contributed by atoms with Crippen LogP contribution in [0.1, 0.15) is 16.7 Å². The minimum Gasteiger partial charge on any atom is -0.508 e. The summed E-state index contributed by atoms with van der Waals surface area (Å²) in [5, 5.41) is 29.4. The number of hydrogen-bond donors (Lipinski definition) is 3. The fraction of sp³-hybridized carbons (Fsp3) is 0.200. The van der Waals surface area contributed by atoms with E-state index >= 15 is 0 Å². The molecule has 98 valence electrons. The molecule has 1 atom stereocenters. The third-order valence-electron chi connectivity index (χ3n) is 3.50. The number of rotatable bonds is 3. The summed E-state index contributed by atoms with van der Waals surface area (Å²) in [6.45, 7) is 0.156. The van der Waals surface area contributed by atoms with Crippen molar-refractivity contribution in [1.82, 2.24) is 0 Å². The lowest BCUT2D eigenvalue weighted by Gasteiger charge is -2.17. The SMILES string of the molecule is OCc1cccc(C2(c3ccccc3O)CO2)c1O. The lowest BCUT2D eigenvalue weighted by atomic mass is 9.89. The van der Waals surface area contributed by atoms with Gasteiger partial charge in [0.2, 0.25) is 0 Å². The molecule has 0 radical (unpaired) electrons. The highest BCUT2D eigenvalue weighted by Crippen LogP contribution is 2.51. The molecule has 2 aromatic rings. The summed E-state index contributed by atoms with van der Waals surface area (Å²) in [6, 6.07) is 12.1. The molecule has 0 amide bonds. The topological polar surface area (TPSA) is 73.2 Å². The molecule has 0 aliphatic carbocycles. The first-order chi connectivity index (χ1) is 9.19. The third kappa shape index (κ3) is 1.77. The molecular formula is C15H14O4. The van der Waals surface area contributed by atoms with Gasteiger partial charge in [-0.2, -0.15) is 0 Å². The smallest absolute Gasteiger partial charge is 0.149 e. The molecule has 1 aliphatic rings. The zero-order valence-electron chi connectivity index (χ0n) is 10.2. The molecule has 1 saturated heterocycles. The van der Waals surface area contributed by atoms with Crippen LogP contribution in [0.4, 0.5) is 0 Å². The van der Waals surface area contributed by atoms with Crippen molar-refractivity contribution < 1.29 is 20.1 Å². The van der Waals surface area contributed by atoms with Crippen LogP contribution in [-0.4, -0.2) is 21.9 Å². The average molecular weight is 258 g/mol. The third-order valence-corrected chi connectivity index (χ3v) is 3.50. The summed E-state index contributed by atoms with van der Waals surface area (Å²) < 4.78 is 5.53. The maximum atomic E-state index is 10.2. The highest BCUT2D eigenvalue weighted by Gasteiger charge is 2.51. The van der Waals surface area contributed by atoms with Gasteiger partial charge in [0.05, 0.1) is 13.2 Å². The van der Waals surface area contributed by atoms with Crippen LogP contribution in [0.5, 0.6) is 11.5 Å². The minimum absolute atomic E-state index is 0.0192. The van der Waals surface area contributed by atoms with Gasteiger partial charge in [0.25, 0.3) is 0 Å². The summed E-state index contributed by atoms with van der Waals surface area (Å²) >= 11 is 0. The quantitative estimate of drug-likeness (QED) is 0.735. The van der Waals surface area contributed by atoms with Crippen LogP contribution < -0.4 is 0 Å². The molecule has 0 bridgehead atoms. The summed E-state index contributed by atoms with van der Waals surface area (Å²) in [6.07, 6.45) is 0. The van der Waals surface area contributed by atoms with Crippen LogP contribution in [0.2, 0.25) is 0 Å². The Balaban J connectivity index is 2.15. The van der Waals surface area contributed by atoms with Crippen molar-refractivity contribution >= 4 is 0 Å². The standard InChI is InChI=1S/C15H14O4/c16-8-10-4-3-6-12(14(10)18)15(9-19-15)11-5-1-2-7-13(11)17/h1-7,16-18H,8-9H2. The summed E-state index contributed by atoms with van der Waals surface area (Å²) in [4.78, 5) is 0. The van der Waals surface area contributed by atoms with Gasteiger partial charge < -0.3 is 20.1 Å². The van der Waals surface area contributed by atoms with Gasteiger partial charge in [-0.3, -0.25) is 0 Å². The molecular weight excluding hydrogens is 244 g/mol. The van der Waals surface area contributed by atoms with E-state index in [9.17, 15) is 15.3 Å². The van der Waals surface area contributed by atoms with Crippen molar-refractivity contribution in [2.75, 3.05) is 6.61 Å². The predicted molar refractivity (Wildman–Crippen MR) is 68.9 cm³/mol. The van der Waals surface area contributed by atoms with E-state index < -0.39 is 5.60 Å². The normalized spacial score (nSPS) is 21.3. The molecule has 0 saturated carbocycles. The maximum absolute atomic E-state index is 10.2. The zero-order valence-corrected chi connectivity index (χ0v) is 10.2. The Morgan fingerprint density at radius 1 is 1.00 bits per heavy atom. The molecule has 0 aromatic heterocycles. The van der Waals surface area contributed by atoms with Gasteiger partial charge in [0, 0.05) is 16.7 Å². The summed E-state index contributed by atoms with van der Waals surface area (Å²) in [7, 11) is 0. The Labute approximate surface area is 110 Å². The Morgan fingerprint density at radius 3 is 2.32 bits per heavy atom. The van der Waals surface area contributed by atoms with Gasteiger partial charge in [-0.05, 0) is 6.07 Å². The van der Waals surface area contributed by atoms with Gasteiger partial charge in [0.1, 0.15) is 17.1 Å². The molecule has 4 heteroatoms. The molecule has 3 rings (SSSR count). The molecule has 19 heavy (non-hydrogen) atoms. The van der Waals surface area contributed by atoms with E-state index in [-0.39, 0.29) is 18.1 Å². The van der Waals surface area contributed by atoms with Gasteiger partial charge in [-0.15, -0.1) is 0 Å². The largest absolute Gasteiger partial charge is 0.508 e. The van der Waals surface area contributed by atoms with Crippen LogP contribution in [0.3, 0.4) is 0 Å². The fourth-order valence-electron chi connectivity index (χ4n) is 2.39. The second-order valence-corrected chi connectivity index (χ2v) is 4.60. The van der Waals surface area contributed by atoms with E-state index in [1.165, 1.54) is 0 Å². The minimum atomic E-state index is -0.805. The highest BCUT2D eigenvalue weighted by molar-refractivity contribution is 5.54. The molecule has 1 fully saturated rings. The molecule has 1 heterocycles. The molecule has 2 aromatic carbocycles. The average Bonchev–Trinajstić information content (AvgIpc) is 3.21. The van der Waals surface area contributed by atoms with Crippen LogP contribution in [0.15, 0.2) is 42.5 Å². The fourth-order valence-corrected chi connectivity index (χ4v) is 2.39. The highest BCUT2D eigenvalue weighted by atomic mass is 16.6. The molecule has 3 N–H and O–H groups in total. The monoisotopic (exact) mass is 258 g/mol. The van der Waals surface area contributed by atoms with Crippen LogP contribution >= 0.6 is 0 Å². The van der Waals surface area contributed by atoms with Gasteiger partial charge >= 0.3 is 0 Å². The molecule has 1 unspecified atom stereocenters. The molecule has 0 spiro atoms. The van der Waals surface area contributed by atoms with Gasteiger partial charge in [-0.1, -0.05) is 36.4 Å². The number of phenols is 2. The van der Waals surface area contributed by atoms with E-state index in [0.29, 0.717) is 23.3 Å². The summed E-state index contributed by atoms with van der Waals surface area (Å²) in [5.41, 5.74) is 0.837. The maximum Gasteiger partial charge on any atom is 0.149 e. The Kier molecular flexibility index (Phi) is 2.69. The second kappa shape index (κ2) is 4.26. The number of hydrogen-bond acceptors (Lipinski definition) is 4. The first-order valence-corrected chi connectivity index (χ1v) is 6.03. The van der Waals surface area contributed by atoms with Crippen molar-refractivity contribution in [3.05, 3.63) is 59.2 Å². The number of benzene rings is 2. The van der Waals surface area contributed by atoms with Crippen molar-refractivity contribution in [1.29, 1.82) is 0 Å². The number of aromatic hydroxyl groups is 2. The lowest BCUT2D eigenvalue weighted by molar-refractivity contribution is 0.273. The predicted octanol–water partition coefficient (Wildman–Crippen LogP) is 1.86. The number of para-hydroxylation sites is 2. The first kappa shape index (κ1) is 12.0. The number of aliphatic hydroxyl groups excluding tert-OH is 1. The summed E-state index contributed by atoms with van der Waals surface area (Å²) in [5.74, 6) is 0.152. The molecule has 4 nitrogen and oxygen atoms in total. The van der Waals surface area contributed by atoms with E-state index in [0.717, 1.165) is 0 Å². The number of phenolic OH excluding ortho intramolecular Hbond substituents is 1. The Morgan fingerprint density at radius 2 is 1.68 bits per heavy atom. The van der Waals surface area contributed by atoms with Gasteiger partial charge in [0.15, 0.2) is 0 Å². The van der Waals surface area contributed by atoms with Gasteiger partial charge in [-0.25, -0.2) is 0 Å². The van der Waals surface area contributed by atoms with Crippen molar-refractivity contribution in [3.8, 4) is 11.5 Å². The van der Waals surface area contributed by atoms with Crippen molar-refractivity contribution in [2.24, 2.45) is 0 Å². The van der Waals surface area contributed by atoms with E-state index in [4.69, 9.17) is 4.74 Å². The van der Waals surface area contributed by atoms with E-state index in [1.807, 2.05) is 6.07 Å². The second-order valence-electron chi connectivity index (χ2n) is 4.60. The van der Waals surface area contributed by atoms with Crippen molar-refractivity contribution in [3.63, 3.8) is 0 Å². The zero-order chi connectivity index (χ0) is 13.5. The lowest BCUT2D eigenvalue weighted by Crippen LogP contribution is -2.12. The van der Waals surface area contributed by atoms with Crippen LogP contribution in [-0.2, 0) is 16.9 Å². The first-order valence-electron chi connectivity index (χ1n) is 6.03. The van der Waals surface area contributed by atoms with Crippen LogP contribution in [0.25, 0.3) is 0 Å². The Hall–Kier alpha value is -2.04.